The molecule has 2 aromatic carbocycles. The molecule has 13 heteroatoms. The molecule has 1 fully saturated rings. The van der Waals surface area contributed by atoms with Gasteiger partial charge in [-0.25, -0.2) is 18.2 Å². The summed E-state index contributed by atoms with van der Waals surface area (Å²) in [6.07, 6.45) is 0.673. The van der Waals surface area contributed by atoms with E-state index in [2.05, 4.69) is 14.7 Å². The van der Waals surface area contributed by atoms with Crippen LogP contribution in [0, 0.1) is 0 Å². The minimum absolute atomic E-state index is 0.0499. The average molecular weight is 587 g/mol. The van der Waals surface area contributed by atoms with E-state index in [1.165, 1.54) is 19.2 Å². The van der Waals surface area contributed by atoms with Gasteiger partial charge in [-0.3, -0.25) is 4.72 Å². The number of carbonyl (C=O) groups is 1. The maximum absolute atomic E-state index is 13.3. The van der Waals surface area contributed by atoms with Gasteiger partial charge in [-0.15, -0.1) is 0 Å². The highest BCUT2D eigenvalue weighted by atomic mass is 32.2. The van der Waals surface area contributed by atoms with E-state index in [0.717, 1.165) is 11.9 Å². The number of aromatic nitrogens is 2. The lowest BCUT2D eigenvalue weighted by molar-refractivity contribution is 0.0237. The third-order valence-corrected chi connectivity index (χ3v) is 7.47. The summed E-state index contributed by atoms with van der Waals surface area (Å²) in [7, 11) is -2.54. The molecule has 1 amide bonds. The maximum Gasteiger partial charge on any atom is 0.410 e. The van der Waals surface area contributed by atoms with Crippen LogP contribution in [0.1, 0.15) is 26.3 Å². The number of nitrogens with one attached hydrogen (secondary N) is 1. The Hall–Kier alpha value is -4.10. The molecule has 1 aliphatic rings. The molecule has 4 rings (SSSR count). The molecule has 0 aliphatic carbocycles. The number of rotatable bonds is 10. The first-order valence-corrected chi connectivity index (χ1v) is 14.5. The van der Waals surface area contributed by atoms with Crippen molar-refractivity contribution in [3.8, 4) is 23.1 Å². The lowest BCUT2D eigenvalue weighted by Crippen LogP contribution is -2.41. The Morgan fingerprint density at radius 1 is 1.02 bits per heavy atom. The Morgan fingerprint density at radius 3 is 2.41 bits per heavy atom. The summed E-state index contributed by atoms with van der Waals surface area (Å²) in [5.74, 6) is 0.597. The monoisotopic (exact) mass is 586 g/mol. The van der Waals surface area contributed by atoms with E-state index in [4.69, 9.17) is 23.7 Å². The predicted molar refractivity (Wildman–Crippen MR) is 150 cm³/mol. The van der Waals surface area contributed by atoms with Gasteiger partial charge in [0.25, 0.3) is 15.9 Å². The third kappa shape index (κ3) is 7.98. The molecular formula is C28H34N4O8S. The zero-order valence-corrected chi connectivity index (χ0v) is 24.3. The molecule has 1 aliphatic heterocycles. The number of morpholine rings is 1. The highest BCUT2D eigenvalue weighted by Gasteiger charge is 2.24. The van der Waals surface area contributed by atoms with Gasteiger partial charge in [-0.1, -0.05) is 39.0 Å². The van der Waals surface area contributed by atoms with Crippen LogP contribution in [-0.2, 0) is 24.9 Å². The summed E-state index contributed by atoms with van der Waals surface area (Å²) >= 11 is 0. The van der Waals surface area contributed by atoms with E-state index in [1.54, 1.807) is 41.3 Å². The van der Waals surface area contributed by atoms with Crippen LogP contribution in [0.25, 0.3) is 0 Å². The first kappa shape index (κ1) is 29.9. The van der Waals surface area contributed by atoms with Crippen LogP contribution in [-0.4, -0.2) is 76.0 Å². The predicted octanol–water partition coefficient (Wildman–Crippen LogP) is 4.22. The second-order valence-electron chi connectivity index (χ2n) is 10.1. The van der Waals surface area contributed by atoms with Crippen molar-refractivity contribution in [2.24, 2.45) is 0 Å². The van der Waals surface area contributed by atoms with Gasteiger partial charge in [-0.2, -0.15) is 4.98 Å². The fourth-order valence-corrected chi connectivity index (χ4v) is 4.84. The first-order chi connectivity index (χ1) is 19.6. The van der Waals surface area contributed by atoms with Crippen molar-refractivity contribution in [3.63, 3.8) is 0 Å². The molecule has 1 N–H and O–H groups in total. The van der Waals surface area contributed by atoms with Crippen molar-refractivity contribution in [3.05, 3.63) is 60.4 Å². The molecular weight excluding hydrogens is 552 g/mol. The van der Waals surface area contributed by atoms with E-state index in [1.807, 2.05) is 20.8 Å². The highest BCUT2D eigenvalue weighted by molar-refractivity contribution is 7.92. The molecule has 0 atom stereocenters. The van der Waals surface area contributed by atoms with Gasteiger partial charge in [0.2, 0.25) is 5.75 Å². The van der Waals surface area contributed by atoms with E-state index < -0.39 is 16.1 Å². The molecule has 0 spiro atoms. The molecule has 1 aromatic heterocycles. The van der Waals surface area contributed by atoms with Gasteiger partial charge < -0.3 is 28.6 Å². The second-order valence-corrected chi connectivity index (χ2v) is 11.8. The fraction of sp³-hybridized carbons (Fsp3) is 0.393. The van der Waals surface area contributed by atoms with Gasteiger partial charge >= 0.3 is 6.09 Å². The summed E-state index contributed by atoms with van der Waals surface area (Å²) in [5, 5.41) is 0. The molecule has 3 aromatic rings. The van der Waals surface area contributed by atoms with Gasteiger partial charge in [0, 0.05) is 19.2 Å². The van der Waals surface area contributed by atoms with Crippen molar-refractivity contribution in [2.75, 3.05) is 51.3 Å². The van der Waals surface area contributed by atoms with Crippen LogP contribution in [0.5, 0.6) is 23.1 Å². The summed E-state index contributed by atoms with van der Waals surface area (Å²) in [6.45, 7) is 7.81. The topological polar surface area (TPSA) is 138 Å². The Morgan fingerprint density at radius 2 is 1.73 bits per heavy atom. The zero-order valence-electron chi connectivity index (χ0n) is 23.5. The van der Waals surface area contributed by atoms with Crippen LogP contribution in [0.4, 0.5) is 10.6 Å². The number of nitrogens with zero attached hydrogens (tertiary/aromatic N) is 3. The van der Waals surface area contributed by atoms with Crippen LogP contribution in [0.15, 0.2) is 59.8 Å². The smallest absolute Gasteiger partial charge is 0.410 e. The van der Waals surface area contributed by atoms with Crippen LogP contribution in [0.2, 0.25) is 0 Å². The van der Waals surface area contributed by atoms with E-state index in [9.17, 15) is 13.2 Å². The summed E-state index contributed by atoms with van der Waals surface area (Å²) in [4.78, 5) is 22.1. The minimum Gasteiger partial charge on any atom is -0.497 e. The van der Waals surface area contributed by atoms with Gasteiger partial charge in [0.1, 0.15) is 31.0 Å². The molecule has 0 bridgehead atoms. The number of carbonyl (C=O) groups excluding carboxylic acids is 1. The summed E-state index contributed by atoms with van der Waals surface area (Å²) < 4.78 is 56.7. The molecule has 220 valence electrons. The number of ether oxygens (including phenoxy) is 5. The first-order valence-electron chi connectivity index (χ1n) is 13.0. The zero-order chi connectivity index (χ0) is 29.5. The molecule has 12 nitrogen and oxygen atoms in total. The number of hydrogen-bond acceptors (Lipinski definition) is 10. The number of methoxy groups -OCH3 is 1. The number of benzene rings is 2. The van der Waals surface area contributed by atoms with Crippen LogP contribution in [0.3, 0.4) is 0 Å². The molecule has 2 heterocycles. The summed E-state index contributed by atoms with van der Waals surface area (Å²) in [6, 6.07) is 13.3. The van der Waals surface area contributed by atoms with Crippen LogP contribution < -0.4 is 18.9 Å². The molecule has 0 unspecified atom stereocenters. The molecule has 0 saturated carbocycles. The number of anilines is 1. The van der Waals surface area contributed by atoms with Gasteiger partial charge in [0.15, 0.2) is 5.82 Å². The molecule has 0 radical (unpaired) electrons. The Labute approximate surface area is 239 Å². The van der Waals surface area contributed by atoms with E-state index >= 15 is 0 Å². The van der Waals surface area contributed by atoms with E-state index in [-0.39, 0.29) is 41.0 Å². The van der Waals surface area contributed by atoms with Crippen molar-refractivity contribution in [1.29, 1.82) is 0 Å². The Kier molecular flexibility index (Phi) is 9.50. The molecule has 41 heavy (non-hydrogen) atoms. The van der Waals surface area contributed by atoms with Crippen molar-refractivity contribution < 1.29 is 36.9 Å². The average Bonchev–Trinajstić information content (AvgIpc) is 2.96. The van der Waals surface area contributed by atoms with Crippen molar-refractivity contribution in [1.82, 2.24) is 14.9 Å². The Bertz CT molecular complexity index is 1440. The highest BCUT2D eigenvalue weighted by Crippen LogP contribution is 2.37. The number of hydrogen-bond donors (Lipinski definition) is 1. The summed E-state index contributed by atoms with van der Waals surface area (Å²) in [5.41, 5.74) is 0.855. The minimum atomic E-state index is -4.05. The fourth-order valence-electron chi connectivity index (χ4n) is 3.83. The van der Waals surface area contributed by atoms with Crippen molar-refractivity contribution >= 4 is 21.9 Å². The second kappa shape index (κ2) is 13.0. The lowest BCUT2D eigenvalue weighted by Gasteiger charge is -2.25. The number of amides is 1. The standard InChI is InChI=1S/C28H34N4O8S/c1-28(2,3)20-8-10-23(11-9-20)41(34,35)31-25-24(40-22-7-5-6-21(18-22)36-4)26(30-19-29-25)38-16-17-39-27(33)32-12-14-37-15-13-32/h5-11,18-19H,12-17H2,1-4H3,(H,29,30,31). The third-order valence-electron chi connectivity index (χ3n) is 6.11. The SMILES string of the molecule is COc1cccc(Oc2c(NS(=O)(=O)c3ccc(C(C)(C)C)cc3)ncnc2OCCOC(=O)N2CCOCC2)c1. The quantitative estimate of drug-likeness (QED) is 0.344. The largest absolute Gasteiger partial charge is 0.497 e. The molecule has 1 saturated heterocycles. The lowest BCUT2D eigenvalue weighted by atomic mass is 9.87. The van der Waals surface area contributed by atoms with Gasteiger partial charge in [-0.05, 0) is 35.2 Å². The number of sulfonamides is 1. The normalized spacial score (nSPS) is 13.8. The van der Waals surface area contributed by atoms with Crippen molar-refractivity contribution in [2.45, 2.75) is 31.1 Å². The van der Waals surface area contributed by atoms with E-state index in [0.29, 0.717) is 37.8 Å². The Balaban J connectivity index is 1.55. The van der Waals surface area contributed by atoms with Gasteiger partial charge in [0.05, 0.1) is 25.2 Å². The maximum atomic E-state index is 13.3. The van der Waals surface area contributed by atoms with Crippen LogP contribution >= 0.6 is 0 Å².